The molecule has 0 aliphatic rings. The molecule has 0 unspecified atom stereocenters. The lowest BCUT2D eigenvalue weighted by molar-refractivity contribution is -0.138. The number of carbonyl (C=O) groups is 2. The molecular formula is C11H21NO5S. The molecule has 18 heavy (non-hydrogen) atoms. The molecule has 0 aromatic heterocycles. The van der Waals surface area contributed by atoms with E-state index in [2.05, 4.69) is 0 Å². The molecule has 7 heteroatoms. The van der Waals surface area contributed by atoms with Crippen LogP contribution in [-0.2, 0) is 19.4 Å². The van der Waals surface area contributed by atoms with Crippen molar-refractivity contribution in [2.75, 3.05) is 18.1 Å². The van der Waals surface area contributed by atoms with Crippen molar-refractivity contribution in [3.63, 3.8) is 0 Å². The van der Waals surface area contributed by atoms with Gasteiger partial charge in [-0.05, 0) is 20.3 Å². The molecule has 0 spiro atoms. The Morgan fingerprint density at radius 2 is 1.83 bits per heavy atom. The van der Waals surface area contributed by atoms with Gasteiger partial charge in [-0.1, -0.05) is 6.92 Å². The normalized spacial score (nSPS) is 11.6. The first-order chi connectivity index (χ1) is 8.19. The van der Waals surface area contributed by atoms with E-state index < -0.39 is 27.5 Å². The Hall–Kier alpha value is -1.11. The first-order valence-electron chi connectivity index (χ1n) is 5.91. The van der Waals surface area contributed by atoms with Crippen LogP contribution in [0.5, 0.6) is 0 Å². The van der Waals surface area contributed by atoms with Crippen LogP contribution in [-0.4, -0.2) is 54.4 Å². The highest BCUT2D eigenvalue weighted by atomic mass is 32.2. The van der Waals surface area contributed by atoms with E-state index in [4.69, 9.17) is 5.11 Å². The molecule has 0 radical (unpaired) electrons. The number of sulfone groups is 1. The summed E-state index contributed by atoms with van der Waals surface area (Å²) in [5.74, 6) is -2.10. The Morgan fingerprint density at radius 1 is 1.28 bits per heavy atom. The van der Waals surface area contributed by atoms with Crippen LogP contribution in [0.15, 0.2) is 0 Å². The van der Waals surface area contributed by atoms with Crippen molar-refractivity contribution in [3.05, 3.63) is 0 Å². The monoisotopic (exact) mass is 279 g/mol. The van der Waals surface area contributed by atoms with E-state index in [1.807, 2.05) is 0 Å². The SMILES string of the molecule is CCCS(=O)(=O)CC(=O)N(CCC(=O)O)C(C)C. The van der Waals surface area contributed by atoms with Gasteiger partial charge in [0.15, 0.2) is 9.84 Å². The minimum absolute atomic E-state index is 0.0242. The summed E-state index contributed by atoms with van der Waals surface area (Å²) in [6.07, 6.45) is 0.282. The molecule has 0 bridgehead atoms. The number of hydrogen-bond donors (Lipinski definition) is 1. The Kier molecular flexibility index (Phi) is 6.90. The molecule has 0 aromatic carbocycles. The third-order valence-corrected chi connectivity index (χ3v) is 4.09. The number of amides is 1. The van der Waals surface area contributed by atoms with Crippen molar-refractivity contribution in [1.29, 1.82) is 0 Å². The van der Waals surface area contributed by atoms with Crippen LogP contribution >= 0.6 is 0 Å². The van der Waals surface area contributed by atoms with Gasteiger partial charge in [-0.15, -0.1) is 0 Å². The summed E-state index contributed by atoms with van der Waals surface area (Å²) in [5.41, 5.74) is 0. The molecule has 0 fully saturated rings. The van der Waals surface area contributed by atoms with Crippen molar-refractivity contribution in [3.8, 4) is 0 Å². The lowest BCUT2D eigenvalue weighted by Gasteiger charge is -2.26. The number of carboxylic acid groups (broad SMARTS) is 1. The van der Waals surface area contributed by atoms with Crippen LogP contribution in [0.2, 0.25) is 0 Å². The van der Waals surface area contributed by atoms with Gasteiger partial charge in [0, 0.05) is 12.6 Å². The van der Waals surface area contributed by atoms with Gasteiger partial charge in [0.1, 0.15) is 5.75 Å². The first kappa shape index (κ1) is 16.9. The second-order valence-corrected chi connectivity index (χ2v) is 6.60. The summed E-state index contributed by atoms with van der Waals surface area (Å²) in [5, 5.41) is 8.59. The maximum Gasteiger partial charge on any atom is 0.305 e. The Balaban J connectivity index is 4.63. The van der Waals surface area contributed by atoms with Gasteiger partial charge < -0.3 is 10.0 Å². The second-order valence-electron chi connectivity index (χ2n) is 4.42. The van der Waals surface area contributed by atoms with Crippen LogP contribution in [0.25, 0.3) is 0 Å². The molecule has 0 heterocycles. The van der Waals surface area contributed by atoms with Gasteiger partial charge in [-0.3, -0.25) is 9.59 Å². The van der Waals surface area contributed by atoms with Gasteiger partial charge in [0.05, 0.1) is 12.2 Å². The quantitative estimate of drug-likeness (QED) is 0.699. The fraction of sp³-hybridized carbons (Fsp3) is 0.818. The predicted molar refractivity (Wildman–Crippen MR) is 68.0 cm³/mol. The highest BCUT2D eigenvalue weighted by Crippen LogP contribution is 2.04. The van der Waals surface area contributed by atoms with E-state index in [1.54, 1.807) is 20.8 Å². The standard InChI is InChI=1S/C11H21NO5S/c1-4-7-18(16,17)8-10(13)12(9(2)3)6-5-11(14)15/h9H,4-8H2,1-3H3,(H,14,15). The average molecular weight is 279 g/mol. The summed E-state index contributed by atoms with van der Waals surface area (Å²) in [6, 6.07) is -0.214. The van der Waals surface area contributed by atoms with E-state index in [0.717, 1.165) is 0 Å². The highest BCUT2D eigenvalue weighted by molar-refractivity contribution is 7.92. The van der Waals surface area contributed by atoms with Crippen molar-refractivity contribution in [2.45, 2.75) is 39.7 Å². The maximum absolute atomic E-state index is 11.8. The third kappa shape index (κ3) is 6.58. The summed E-state index contributed by atoms with van der Waals surface area (Å²) in [4.78, 5) is 23.6. The first-order valence-corrected chi connectivity index (χ1v) is 7.73. The van der Waals surface area contributed by atoms with Gasteiger partial charge in [-0.2, -0.15) is 0 Å². The summed E-state index contributed by atoms with van der Waals surface area (Å²) in [7, 11) is -3.39. The van der Waals surface area contributed by atoms with E-state index in [0.29, 0.717) is 6.42 Å². The number of carbonyl (C=O) groups excluding carboxylic acids is 1. The van der Waals surface area contributed by atoms with Crippen LogP contribution < -0.4 is 0 Å². The average Bonchev–Trinajstić information content (AvgIpc) is 2.15. The Morgan fingerprint density at radius 3 is 2.22 bits per heavy atom. The molecule has 0 atom stereocenters. The smallest absolute Gasteiger partial charge is 0.305 e. The molecule has 0 aliphatic heterocycles. The summed E-state index contributed by atoms with van der Waals surface area (Å²) < 4.78 is 23.1. The fourth-order valence-corrected chi connectivity index (χ4v) is 2.85. The topological polar surface area (TPSA) is 91.8 Å². The van der Waals surface area contributed by atoms with Gasteiger partial charge in [-0.25, -0.2) is 8.42 Å². The van der Waals surface area contributed by atoms with Crippen LogP contribution in [0, 0.1) is 0 Å². The van der Waals surface area contributed by atoms with E-state index in [-0.39, 0.29) is 24.8 Å². The predicted octanol–water partition coefficient (Wildman–Crippen LogP) is 0.523. The van der Waals surface area contributed by atoms with Crippen molar-refractivity contribution in [2.24, 2.45) is 0 Å². The Labute approximate surface area is 108 Å². The number of aliphatic carboxylic acids is 1. The molecule has 0 saturated carbocycles. The summed E-state index contributed by atoms with van der Waals surface area (Å²) in [6.45, 7) is 5.22. The minimum atomic E-state index is -3.39. The zero-order valence-corrected chi connectivity index (χ0v) is 11.9. The molecule has 0 aromatic rings. The maximum atomic E-state index is 11.8. The van der Waals surface area contributed by atoms with Gasteiger partial charge in [0.25, 0.3) is 0 Å². The van der Waals surface area contributed by atoms with Crippen molar-refractivity contribution >= 4 is 21.7 Å². The number of nitrogens with zero attached hydrogens (tertiary/aromatic N) is 1. The lowest BCUT2D eigenvalue weighted by atomic mass is 10.3. The largest absolute Gasteiger partial charge is 0.481 e. The number of carboxylic acids is 1. The van der Waals surface area contributed by atoms with Gasteiger partial charge >= 0.3 is 5.97 Å². The fourth-order valence-electron chi connectivity index (χ4n) is 1.54. The van der Waals surface area contributed by atoms with E-state index in [1.165, 1.54) is 4.90 Å². The minimum Gasteiger partial charge on any atom is -0.481 e. The molecule has 0 rings (SSSR count). The Bertz CT molecular complexity index is 388. The zero-order chi connectivity index (χ0) is 14.3. The van der Waals surface area contributed by atoms with Gasteiger partial charge in [0.2, 0.25) is 5.91 Å². The van der Waals surface area contributed by atoms with Crippen LogP contribution in [0.3, 0.4) is 0 Å². The van der Waals surface area contributed by atoms with Crippen LogP contribution in [0.4, 0.5) is 0 Å². The second kappa shape index (κ2) is 7.35. The van der Waals surface area contributed by atoms with Crippen molar-refractivity contribution < 1.29 is 23.1 Å². The molecular weight excluding hydrogens is 258 g/mol. The van der Waals surface area contributed by atoms with E-state index in [9.17, 15) is 18.0 Å². The van der Waals surface area contributed by atoms with E-state index >= 15 is 0 Å². The number of rotatable bonds is 8. The molecule has 1 amide bonds. The van der Waals surface area contributed by atoms with Crippen LogP contribution in [0.1, 0.15) is 33.6 Å². The summed E-state index contributed by atoms with van der Waals surface area (Å²) >= 11 is 0. The van der Waals surface area contributed by atoms with Crippen molar-refractivity contribution in [1.82, 2.24) is 4.90 Å². The molecule has 0 aliphatic carbocycles. The highest BCUT2D eigenvalue weighted by Gasteiger charge is 2.23. The lowest BCUT2D eigenvalue weighted by Crippen LogP contribution is -2.42. The number of hydrogen-bond acceptors (Lipinski definition) is 4. The third-order valence-electron chi connectivity index (χ3n) is 2.37. The molecule has 6 nitrogen and oxygen atoms in total. The molecule has 0 saturated heterocycles. The molecule has 1 N–H and O–H groups in total. The zero-order valence-electron chi connectivity index (χ0n) is 11.0. The molecule has 106 valence electrons.